The lowest BCUT2D eigenvalue weighted by Gasteiger charge is -2.19. The van der Waals surface area contributed by atoms with Crippen LogP contribution in [-0.4, -0.2) is 40.3 Å². The van der Waals surface area contributed by atoms with Crippen molar-refractivity contribution in [1.82, 2.24) is 9.97 Å². The van der Waals surface area contributed by atoms with E-state index in [2.05, 4.69) is 15.3 Å². The number of rotatable bonds is 7. The highest BCUT2D eigenvalue weighted by Crippen LogP contribution is 2.30. The molecule has 0 atom stereocenters. The van der Waals surface area contributed by atoms with E-state index in [-0.39, 0.29) is 29.6 Å². The standard InChI is InChI=1S/C12H20N4O4/c1-5-13-10-9(16(17)18)11(15-8-14-10)19-6-7-20-12(2,3)4/h8H,5-7H2,1-4H3,(H,13,14,15). The molecular weight excluding hydrogens is 264 g/mol. The summed E-state index contributed by atoms with van der Waals surface area (Å²) in [6.07, 6.45) is 1.23. The molecule has 0 bridgehead atoms. The molecule has 0 radical (unpaired) electrons. The molecule has 0 aliphatic rings. The van der Waals surface area contributed by atoms with E-state index in [1.54, 1.807) is 0 Å². The molecule has 0 unspecified atom stereocenters. The molecule has 8 nitrogen and oxygen atoms in total. The summed E-state index contributed by atoms with van der Waals surface area (Å²) < 4.78 is 10.8. The van der Waals surface area contributed by atoms with Crippen molar-refractivity contribution >= 4 is 11.5 Å². The normalized spacial score (nSPS) is 11.2. The van der Waals surface area contributed by atoms with Gasteiger partial charge < -0.3 is 14.8 Å². The van der Waals surface area contributed by atoms with Gasteiger partial charge in [-0.25, -0.2) is 4.98 Å². The molecule has 0 fully saturated rings. The predicted molar refractivity (Wildman–Crippen MR) is 74.1 cm³/mol. The van der Waals surface area contributed by atoms with Crippen molar-refractivity contribution in [2.45, 2.75) is 33.3 Å². The highest BCUT2D eigenvalue weighted by molar-refractivity contribution is 5.60. The van der Waals surface area contributed by atoms with E-state index >= 15 is 0 Å². The first kappa shape index (κ1) is 16.1. The van der Waals surface area contributed by atoms with E-state index in [0.29, 0.717) is 13.2 Å². The Morgan fingerprint density at radius 2 is 2.05 bits per heavy atom. The van der Waals surface area contributed by atoms with Gasteiger partial charge in [-0.2, -0.15) is 4.98 Å². The fourth-order valence-electron chi connectivity index (χ4n) is 1.42. The second-order valence-corrected chi connectivity index (χ2v) is 4.97. The van der Waals surface area contributed by atoms with Crippen molar-refractivity contribution < 1.29 is 14.4 Å². The third kappa shape index (κ3) is 4.96. The summed E-state index contributed by atoms with van der Waals surface area (Å²) in [7, 11) is 0. The van der Waals surface area contributed by atoms with Crippen molar-refractivity contribution in [2.75, 3.05) is 25.1 Å². The van der Waals surface area contributed by atoms with Crippen LogP contribution in [0.4, 0.5) is 11.5 Å². The zero-order valence-corrected chi connectivity index (χ0v) is 12.2. The van der Waals surface area contributed by atoms with Gasteiger partial charge in [-0.15, -0.1) is 0 Å². The summed E-state index contributed by atoms with van der Waals surface area (Å²) in [4.78, 5) is 18.2. The molecule has 0 aliphatic carbocycles. The summed E-state index contributed by atoms with van der Waals surface area (Å²) in [5, 5.41) is 13.9. The number of aromatic nitrogens is 2. The van der Waals surface area contributed by atoms with Crippen LogP contribution in [-0.2, 0) is 4.74 Å². The molecule has 1 heterocycles. The van der Waals surface area contributed by atoms with Crippen LogP contribution in [0.3, 0.4) is 0 Å². The maximum absolute atomic E-state index is 11.1. The third-order valence-electron chi connectivity index (χ3n) is 2.17. The SMILES string of the molecule is CCNc1ncnc(OCCOC(C)(C)C)c1[N+](=O)[O-]. The van der Waals surface area contributed by atoms with Gasteiger partial charge in [0.1, 0.15) is 12.9 Å². The molecule has 20 heavy (non-hydrogen) atoms. The zero-order valence-electron chi connectivity index (χ0n) is 12.2. The van der Waals surface area contributed by atoms with Crippen LogP contribution >= 0.6 is 0 Å². The molecule has 112 valence electrons. The topological polar surface area (TPSA) is 99.4 Å². The lowest BCUT2D eigenvalue weighted by molar-refractivity contribution is -0.385. The van der Waals surface area contributed by atoms with Gasteiger partial charge in [0.25, 0.3) is 5.88 Å². The highest BCUT2D eigenvalue weighted by atomic mass is 16.6. The molecule has 8 heteroatoms. The van der Waals surface area contributed by atoms with Crippen molar-refractivity contribution in [3.05, 3.63) is 16.4 Å². The van der Waals surface area contributed by atoms with Gasteiger partial charge in [0.2, 0.25) is 5.82 Å². The molecule has 0 saturated heterocycles. The summed E-state index contributed by atoms with van der Waals surface area (Å²) in [5.74, 6) is 0.0951. The first-order valence-electron chi connectivity index (χ1n) is 6.35. The van der Waals surface area contributed by atoms with Gasteiger partial charge in [-0.05, 0) is 27.7 Å². The predicted octanol–water partition coefficient (Wildman–Crippen LogP) is 2.01. The first-order valence-corrected chi connectivity index (χ1v) is 6.35. The van der Waals surface area contributed by atoms with Crippen LogP contribution in [0.5, 0.6) is 5.88 Å². The monoisotopic (exact) mass is 284 g/mol. The average Bonchev–Trinajstić information content (AvgIpc) is 2.33. The fraction of sp³-hybridized carbons (Fsp3) is 0.667. The van der Waals surface area contributed by atoms with E-state index in [1.165, 1.54) is 6.33 Å². The summed E-state index contributed by atoms with van der Waals surface area (Å²) in [6.45, 7) is 8.60. The third-order valence-corrected chi connectivity index (χ3v) is 2.17. The average molecular weight is 284 g/mol. The number of hydrogen-bond donors (Lipinski definition) is 1. The summed E-state index contributed by atoms with van der Waals surface area (Å²) >= 11 is 0. The minimum Gasteiger partial charge on any atom is -0.470 e. The highest BCUT2D eigenvalue weighted by Gasteiger charge is 2.24. The molecule has 1 aromatic rings. The van der Waals surface area contributed by atoms with Gasteiger partial charge in [0, 0.05) is 6.54 Å². The van der Waals surface area contributed by atoms with Gasteiger partial charge in [-0.3, -0.25) is 10.1 Å². The Kier molecular flexibility index (Phi) is 5.63. The first-order chi connectivity index (χ1) is 9.35. The van der Waals surface area contributed by atoms with E-state index in [4.69, 9.17) is 9.47 Å². The Balaban J connectivity index is 2.74. The Morgan fingerprint density at radius 3 is 2.60 bits per heavy atom. The number of nitrogens with one attached hydrogen (secondary N) is 1. The molecule has 1 N–H and O–H groups in total. The molecule has 1 rings (SSSR count). The quantitative estimate of drug-likeness (QED) is 0.464. The minimum atomic E-state index is -0.558. The van der Waals surface area contributed by atoms with Gasteiger partial charge in [0.15, 0.2) is 0 Å². The Hall–Kier alpha value is -1.96. The van der Waals surface area contributed by atoms with Crippen LogP contribution in [0.2, 0.25) is 0 Å². The van der Waals surface area contributed by atoms with Gasteiger partial charge in [0.05, 0.1) is 17.1 Å². The number of ether oxygens (including phenoxy) is 2. The molecule has 0 saturated carbocycles. The number of anilines is 1. The van der Waals surface area contributed by atoms with Crippen LogP contribution in [0.1, 0.15) is 27.7 Å². The van der Waals surface area contributed by atoms with E-state index in [1.807, 2.05) is 27.7 Å². The lowest BCUT2D eigenvalue weighted by atomic mass is 10.2. The van der Waals surface area contributed by atoms with Crippen molar-refractivity contribution in [2.24, 2.45) is 0 Å². The van der Waals surface area contributed by atoms with Crippen LogP contribution in [0.25, 0.3) is 0 Å². The molecular formula is C12H20N4O4. The smallest absolute Gasteiger partial charge is 0.372 e. The van der Waals surface area contributed by atoms with Crippen LogP contribution < -0.4 is 10.1 Å². The maximum Gasteiger partial charge on any atom is 0.372 e. The van der Waals surface area contributed by atoms with Crippen LogP contribution in [0.15, 0.2) is 6.33 Å². The Bertz CT molecular complexity index is 459. The van der Waals surface area contributed by atoms with E-state index < -0.39 is 4.92 Å². The molecule has 0 aliphatic heterocycles. The Morgan fingerprint density at radius 1 is 1.35 bits per heavy atom. The minimum absolute atomic E-state index is 0.0570. The van der Waals surface area contributed by atoms with Gasteiger partial charge >= 0.3 is 5.69 Å². The molecule has 0 amide bonds. The molecule has 0 spiro atoms. The van der Waals surface area contributed by atoms with Crippen LogP contribution in [0, 0.1) is 10.1 Å². The van der Waals surface area contributed by atoms with Crippen molar-refractivity contribution in [1.29, 1.82) is 0 Å². The number of hydrogen-bond acceptors (Lipinski definition) is 7. The van der Waals surface area contributed by atoms with Gasteiger partial charge in [-0.1, -0.05) is 0 Å². The largest absolute Gasteiger partial charge is 0.470 e. The van der Waals surface area contributed by atoms with Crippen molar-refractivity contribution in [3.63, 3.8) is 0 Å². The summed E-state index contributed by atoms with van der Waals surface area (Å²) in [6, 6.07) is 0. The number of nitro groups is 1. The molecule has 0 aromatic carbocycles. The number of nitrogens with zero attached hydrogens (tertiary/aromatic N) is 3. The maximum atomic E-state index is 11.1. The fourth-order valence-corrected chi connectivity index (χ4v) is 1.42. The zero-order chi connectivity index (χ0) is 15.2. The second kappa shape index (κ2) is 6.99. The molecule has 1 aromatic heterocycles. The summed E-state index contributed by atoms with van der Waals surface area (Å²) in [5.41, 5.74) is -0.541. The van der Waals surface area contributed by atoms with Crippen molar-refractivity contribution in [3.8, 4) is 5.88 Å². The second-order valence-electron chi connectivity index (χ2n) is 4.97. The Labute approximate surface area is 117 Å². The lowest BCUT2D eigenvalue weighted by Crippen LogP contribution is -2.22. The van der Waals surface area contributed by atoms with E-state index in [0.717, 1.165) is 0 Å². The van der Waals surface area contributed by atoms with E-state index in [9.17, 15) is 10.1 Å².